The third-order valence-corrected chi connectivity index (χ3v) is 5.15. The summed E-state index contributed by atoms with van der Waals surface area (Å²) < 4.78 is 4.31. The predicted molar refractivity (Wildman–Crippen MR) is 93.1 cm³/mol. The van der Waals surface area contributed by atoms with Gasteiger partial charge in [0.25, 0.3) is 0 Å². The Labute approximate surface area is 147 Å². The summed E-state index contributed by atoms with van der Waals surface area (Å²) in [6, 6.07) is -1.69. The molecular weight excluding hydrogens is 332 g/mol. The quantitative estimate of drug-likeness (QED) is 0.722. The maximum Gasteiger partial charge on any atom is 0.407 e. The molecule has 0 saturated carbocycles. The number of hydrogen-bond acceptors (Lipinski definition) is 5. The molecule has 0 aromatic heterocycles. The van der Waals surface area contributed by atoms with Crippen LogP contribution in [-0.2, 0) is 14.3 Å². The summed E-state index contributed by atoms with van der Waals surface area (Å²) >= 11 is 1.56. The Balaban J connectivity index is 3.04. The number of thioether (sulfide) groups is 1. The summed E-state index contributed by atoms with van der Waals surface area (Å²) in [4.78, 5) is 37.6. The van der Waals surface area contributed by atoms with Crippen LogP contribution < -0.4 is 5.32 Å². The first kappa shape index (κ1) is 20.6. The van der Waals surface area contributed by atoms with Crippen molar-refractivity contribution in [2.24, 2.45) is 0 Å². The van der Waals surface area contributed by atoms with E-state index >= 15 is 0 Å². The number of likely N-dealkylation sites (tertiary alicyclic amines) is 1. The van der Waals surface area contributed by atoms with Gasteiger partial charge in [0.1, 0.15) is 12.1 Å². The lowest BCUT2D eigenvalue weighted by molar-refractivity contribution is -0.149. The monoisotopic (exact) mass is 360 g/mol. The highest BCUT2D eigenvalue weighted by Crippen LogP contribution is 2.34. The number of nitrogens with zero attached hydrogens (tertiary/aromatic N) is 1. The van der Waals surface area contributed by atoms with E-state index in [-0.39, 0.29) is 17.8 Å². The second-order valence-corrected chi connectivity index (χ2v) is 8.83. The fraction of sp³-hybridized carbons (Fsp3) is 0.812. The number of ether oxygens (including phenoxy) is 1. The summed E-state index contributed by atoms with van der Waals surface area (Å²) in [6.07, 6.45) is 0.414. The van der Waals surface area contributed by atoms with Crippen LogP contribution >= 0.6 is 11.8 Å². The highest BCUT2D eigenvalue weighted by atomic mass is 32.2. The Morgan fingerprint density at radius 1 is 1.38 bits per heavy atom. The molecule has 1 aliphatic heterocycles. The number of alkyl carbamates (subject to hydrolysis) is 1. The lowest BCUT2D eigenvalue weighted by atomic mass is 10.0. The fourth-order valence-corrected chi connectivity index (χ4v) is 4.46. The lowest BCUT2D eigenvalue weighted by Gasteiger charge is -2.37. The standard InChI is InChI=1S/C16H28N2O5S/c1-6-23-15(22)17-12(16(4,5)24-10(2)3)13(19)18-9-7-8-11(18)14(20)21/h10-12H,6-9H2,1-5H3,(H,17,22)(H,20,21)/t11-,12?/m0/s1. The topological polar surface area (TPSA) is 95.9 Å². The van der Waals surface area contributed by atoms with Crippen LogP contribution in [-0.4, -0.2) is 63.2 Å². The van der Waals surface area contributed by atoms with E-state index in [1.165, 1.54) is 4.90 Å². The van der Waals surface area contributed by atoms with Crippen molar-refractivity contribution in [1.29, 1.82) is 0 Å². The molecule has 1 unspecified atom stereocenters. The average molecular weight is 360 g/mol. The summed E-state index contributed by atoms with van der Waals surface area (Å²) in [7, 11) is 0. The maximum atomic E-state index is 13.0. The maximum absolute atomic E-state index is 13.0. The molecule has 1 saturated heterocycles. The SMILES string of the molecule is CCOC(=O)NC(C(=O)N1CCC[C@H]1C(=O)O)C(C)(C)SC(C)C. The number of carbonyl (C=O) groups excluding carboxylic acids is 2. The Morgan fingerprint density at radius 2 is 2.00 bits per heavy atom. The zero-order valence-electron chi connectivity index (χ0n) is 15.0. The molecule has 7 nitrogen and oxygen atoms in total. The van der Waals surface area contributed by atoms with Crippen LogP contribution in [0.15, 0.2) is 0 Å². The number of carbonyl (C=O) groups is 3. The van der Waals surface area contributed by atoms with Crippen LogP contribution in [0.4, 0.5) is 4.79 Å². The Bertz CT molecular complexity index is 481. The zero-order valence-corrected chi connectivity index (χ0v) is 15.8. The molecular formula is C16H28N2O5S. The summed E-state index contributed by atoms with van der Waals surface area (Å²) in [6.45, 7) is 10.0. The van der Waals surface area contributed by atoms with Crippen molar-refractivity contribution < 1.29 is 24.2 Å². The lowest BCUT2D eigenvalue weighted by Crippen LogP contribution is -2.59. The minimum Gasteiger partial charge on any atom is -0.480 e. The molecule has 0 aromatic carbocycles. The van der Waals surface area contributed by atoms with Crippen LogP contribution in [0, 0.1) is 0 Å². The van der Waals surface area contributed by atoms with Crippen molar-refractivity contribution >= 4 is 29.7 Å². The zero-order chi connectivity index (χ0) is 18.5. The van der Waals surface area contributed by atoms with Crippen molar-refractivity contribution in [3.8, 4) is 0 Å². The van der Waals surface area contributed by atoms with E-state index in [4.69, 9.17) is 4.74 Å². The minimum absolute atomic E-state index is 0.200. The van der Waals surface area contributed by atoms with E-state index in [1.807, 2.05) is 27.7 Å². The highest BCUT2D eigenvalue weighted by molar-refractivity contribution is 8.01. The number of amides is 2. The van der Waals surface area contributed by atoms with Gasteiger partial charge in [-0.25, -0.2) is 9.59 Å². The van der Waals surface area contributed by atoms with Gasteiger partial charge in [-0.3, -0.25) is 4.79 Å². The third-order valence-electron chi connectivity index (χ3n) is 3.84. The molecule has 2 atom stereocenters. The number of carboxylic acids is 1. The smallest absolute Gasteiger partial charge is 0.407 e. The van der Waals surface area contributed by atoms with Gasteiger partial charge < -0.3 is 20.1 Å². The minimum atomic E-state index is -1.01. The van der Waals surface area contributed by atoms with Gasteiger partial charge in [0, 0.05) is 11.3 Å². The molecule has 1 aliphatic rings. The van der Waals surface area contributed by atoms with Gasteiger partial charge in [0.15, 0.2) is 0 Å². The van der Waals surface area contributed by atoms with Gasteiger partial charge in [-0.1, -0.05) is 13.8 Å². The van der Waals surface area contributed by atoms with Gasteiger partial charge in [0.05, 0.1) is 6.61 Å². The first-order valence-corrected chi connectivity index (χ1v) is 9.12. The van der Waals surface area contributed by atoms with Crippen molar-refractivity contribution in [1.82, 2.24) is 10.2 Å². The Morgan fingerprint density at radius 3 is 2.50 bits per heavy atom. The van der Waals surface area contributed by atoms with Gasteiger partial charge in [-0.05, 0) is 38.9 Å². The van der Waals surface area contributed by atoms with Crippen molar-refractivity contribution in [2.75, 3.05) is 13.2 Å². The number of hydrogen-bond donors (Lipinski definition) is 2. The van der Waals surface area contributed by atoms with E-state index in [0.717, 1.165) is 0 Å². The van der Waals surface area contributed by atoms with E-state index in [0.29, 0.717) is 19.4 Å². The summed E-state index contributed by atoms with van der Waals surface area (Å²) in [5.74, 6) is -1.38. The first-order chi connectivity index (χ1) is 11.1. The fourth-order valence-electron chi connectivity index (χ4n) is 2.95. The van der Waals surface area contributed by atoms with Crippen molar-refractivity contribution in [3.63, 3.8) is 0 Å². The predicted octanol–water partition coefficient (Wildman–Crippen LogP) is 2.10. The molecule has 1 fully saturated rings. The van der Waals surface area contributed by atoms with Crippen molar-refractivity contribution in [2.45, 2.75) is 69.5 Å². The van der Waals surface area contributed by atoms with Gasteiger partial charge in [-0.15, -0.1) is 0 Å². The third kappa shape index (κ3) is 5.29. The van der Waals surface area contributed by atoms with Gasteiger partial charge >= 0.3 is 12.1 Å². The average Bonchev–Trinajstić information content (AvgIpc) is 2.92. The number of rotatable bonds is 7. The van der Waals surface area contributed by atoms with E-state index in [1.54, 1.807) is 18.7 Å². The molecule has 2 amide bonds. The molecule has 1 rings (SSSR count). The second kappa shape index (κ2) is 8.60. The van der Waals surface area contributed by atoms with E-state index < -0.39 is 28.9 Å². The van der Waals surface area contributed by atoms with Gasteiger partial charge in [0.2, 0.25) is 5.91 Å². The molecule has 0 bridgehead atoms. The second-order valence-electron chi connectivity index (χ2n) is 6.60. The molecule has 1 heterocycles. The van der Waals surface area contributed by atoms with Gasteiger partial charge in [-0.2, -0.15) is 11.8 Å². The van der Waals surface area contributed by atoms with Crippen molar-refractivity contribution in [3.05, 3.63) is 0 Å². The molecule has 0 aromatic rings. The van der Waals surface area contributed by atoms with Crippen LogP contribution in [0.25, 0.3) is 0 Å². The molecule has 0 aliphatic carbocycles. The van der Waals surface area contributed by atoms with Crippen LogP contribution in [0.1, 0.15) is 47.5 Å². The first-order valence-electron chi connectivity index (χ1n) is 8.24. The van der Waals surface area contributed by atoms with E-state index in [2.05, 4.69) is 5.32 Å². The molecule has 8 heteroatoms. The van der Waals surface area contributed by atoms with Crippen LogP contribution in [0.2, 0.25) is 0 Å². The summed E-state index contributed by atoms with van der Waals surface area (Å²) in [5.41, 5.74) is 0. The number of carboxylic acid groups (broad SMARTS) is 1. The van der Waals surface area contributed by atoms with E-state index in [9.17, 15) is 19.5 Å². The molecule has 138 valence electrons. The molecule has 0 spiro atoms. The normalized spacial score (nSPS) is 19.2. The molecule has 0 radical (unpaired) electrons. The highest BCUT2D eigenvalue weighted by Gasteiger charge is 2.44. The molecule has 2 N–H and O–H groups in total. The van der Waals surface area contributed by atoms with Crippen LogP contribution in [0.3, 0.4) is 0 Å². The summed E-state index contributed by atoms with van der Waals surface area (Å²) in [5, 5.41) is 12.2. The number of aliphatic carboxylic acids is 1. The van der Waals surface area contributed by atoms with Crippen LogP contribution in [0.5, 0.6) is 0 Å². The Hall–Kier alpha value is -1.44. The largest absolute Gasteiger partial charge is 0.480 e. The number of nitrogens with one attached hydrogen (secondary N) is 1. The Kier molecular flexibility index (Phi) is 7.38. The molecule has 24 heavy (non-hydrogen) atoms.